The van der Waals surface area contributed by atoms with Crippen LogP contribution in [0, 0.1) is 0 Å². The van der Waals surface area contributed by atoms with Gasteiger partial charge in [-0.15, -0.1) is 0 Å². The van der Waals surface area contributed by atoms with Gasteiger partial charge >= 0.3 is 6.18 Å². The molecule has 0 amide bonds. The Kier molecular flexibility index (Phi) is 4.14. The number of aromatic nitrogens is 1. The molecule has 2 rings (SSSR count). The van der Waals surface area contributed by atoms with Crippen LogP contribution < -0.4 is 5.32 Å². The Morgan fingerprint density at radius 3 is 2.74 bits per heavy atom. The number of nitrogens with one attached hydrogen (secondary N) is 1. The number of pyridine rings is 1. The van der Waals surface area contributed by atoms with E-state index >= 15 is 0 Å². The van der Waals surface area contributed by atoms with Gasteiger partial charge in [0.05, 0.1) is 16.2 Å². The maximum atomic E-state index is 12.0. The Balaban J connectivity index is 2.07. The van der Waals surface area contributed by atoms with E-state index in [9.17, 15) is 13.2 Å². The zero-order valence-corrected chi connectivity index (χ0v) is 10.7. The molecule has 0 radical (unpaired) electrons. The monoisotopic (exact) mass is 288 g/mol. The predicted molar refractivity (Wildman–Crippen MR) is 70.5 cm³/mol. The maximum Gasteiger partial charge on any atom is 0.389 e. The second-order valence-corrected chi connectivity index (χ2v) is 4.55. The highest BCUT2D eigenvalue weighted by atomic mass is 35.5. The molecule has 102 valence electrons. The summed E-state index contributed by atoms with van der Waals surface area (Å²) >= 11 is 6.03. The molecule has 0 fully saturated rings. The summed E-state index contributed by atoms with van der Waals surface area (Å²) in [4.78, 5) is 4.20. The predicted octanol–water partition coefficient (Wildman–Crippen LogP) is 4.64. The Hall–Kier alpha value is -1.49. The first-order valence-electron chi connectivity index (χ1n) is 5.81. The van der Waals surface area contributed by atoms with E-state index in [0.717, 1.165) is 5.39 Å². The molecule has 0 spiro atoms. The minimum absolute atomic E-state index is 0.0282. The fourth-order valence-electron chi connectivity index (χ4n) is 1.79. The van der Waals surface area contributed by atoms with Crippen LogP contribution in [0.2, 0.25) is 5.02 Å². The van der Waals surface area contributed by atoms with Gasteiger partial charge in [0, 0.05) is 24.5 Å². The quantitative estimate of drug-likeness (QED) is 0.829. The number of hydrogen-bond acceptors (Lipinski definition) is 2. The zero-order valence-electron chi connectivity index (χ0n) is 9.97. The molecule has 0 atom stereocenters. The number of halogens is 4. The van der Waals surface area contributed by atoms with Gasteiger partial charge in [-0.1, -0.05) is 11.6 Å². The molecule has 0 bridgehead atoms. The summed E-state index contributed by atoms with van der Waals surface area (Å²) in [6.45, 7) is 0.243. The van der Waals surface area contributed by atoms with E-state index in [0.29, 0.717) is 16.2 Å². The van der Waals surface area contributed by atoms with Crippen molar-refractivity contribution in [2.24, 2.45) is 0 Å². The normalized spacial score (nSPS) is 11.8. The van der Waals surface area contributed by atoms with E-state index in [1.54, 1.807) is 24.4 Å². The average molecular weight is 289 g/mol. The van der Waals surface area contributed by atoms with Crippen LogP contribution in [-0.2, 0) is 0 Å². The lowest BCUT2D eigenvalue weighted by Gasteiger charge is -2.11. The van der Waals surface area contributed by atoms with Crippen LogP contribution in [0.25, 0.3) is 10.9 Å². The van der Waals surface area contributed by atoms with Gasteiger partial charge in [0.15, 0.2) is 0 Å². The molecule has 1 aromatic carbocycles. The molecule has 0 aliphatic heterocycles. The summed E-state index contributed by atoms with van der Waals surface area (Å²) in [6.07, 6.45) is -3.25. The molecule has 0 aliphatic rings. The maximum absolute atomic E-state index is 12.0. The second kappa shape index (κ2) is 5.65. The van der Waals surface area contributed by atoms with E-state index in [1.165, 1.54) is 0 Å². The highest BCUT2D eigenvalue weighted by Gasteiger charge is 2.25. The van der Waals surface area contributed by atoms with Gasteiger partial charge in [-0.25, -0.2) is 0 Å². The van der Waals surface area contributed by atoms with Gasteiger partial charge in [-0.3, -0.25) is 4.98 Å². The van der Waals surface area contributed by atoms with Crippen LogP contribution in [0.15, 0.2) is 30.5 Å². The van der Waals surface area contributed by atoms with E-state index < -0.39 is 12.6 Å². The van der Waals surface area contributed by atoms with Crippen LogP contribution in [0.5, 0.6) is 0 Å². The van der Waals surface area contributed by atoms with Crippen LogP contribution in [-0.4, -0.2) is 17.7 Å². The molecular formula is C13H12ClF3N2. The fourth-order valence-corrected chi connectivity index (χ4v) is 2.01. The van der Waals surface area contributed by atoms with Crippen molar-refractivity contribution in [3.63, 3.8) is 0 Å². The van der Waals surface area contributed by atoms with Gasteiger partial charge in [0.25, 0.3) is 0 Å². The Morgan fingerprint density at radius 2 is 2.00 bits per heavy atom. The lowest BCUT2D eigenvalue weighted by atomic mass is 10.2. The number of anilines is 1. The SMILES string of the molecule is FC(F)(F)CCCNc1ccc(Cl)c2cccnc12. The Bertz CT molecular complexity index is 569. The molecule has 0 aliphatic carbocycles. The summed E-state index contributed by atoms with van der Waals surface area (Å²) < 4.78 is 36.1. The van der Waals surface area contributed by atoms with Crippen molar-refractivity contribution in [3.8, 4) is 0 Å². The van der Waals surface area contributed by atoms with E-state index in [-0.39, 0.29) is 13.0 Å². The third-order valence-corrected chi connectivity index (χ3v) is 3.00. The summed E-state index contributed by atoms with van der Waals surface area (Å²) in [5, 5.41) is 4.32. The highest BCUT2D eigenvalue weighted by molar-refractivity contribution is 6.35. The smallest absolute Gasteiger partial charge is 0.383 e. The molecule has 1 heterocycles. The molecule has 0 saturated carbocycles. The van der Waals surface area contributed by atoms with Crippen molar-refractivity contribution in [1.29, 1.82) is 0 Å². The van der Waals surface area contributed by atoms with Crippen molar-refractivity contribution < 1.29 is 13.2 Å². The van der Waals surface area contributed by atoms with E-state index in [4.69, 9.17) is 11.6 Å². The highest BCUT2D eigenvalue weighted by Crippen LogP contribution is 2.28. The molecule has 0 saturated heterocycles. The average Bonchev–Trinajstić information content (AvgIpc) is 2.36. The topological polar surface area (TPSA) is 24.9 Å². The third-order valence-electron chi connectivity index (χ3n) is 2.67. The third kappa shape index (κ3) is 3.73. The number of alkyl halides is 3. The number of fused-ring (bicyclic) bond motifs is 1. The van der Waals surface area contributed by atoms with Gasteiger partial charge in [-0.05, 0) is 30.7 Å². The molecule has 2 nitrogen and oxygen atoms in total. The number of nitrogens with zero attached hydrogens (tertiary/aromatic N) is 1. The largest absolute Gasteiger partial charge is 0.389 e. The lowest BCUT2D eigenvalue weighted by Crippen LogP contribution is -2.11. The first-order valence-corrected chi connectivity index (χ1v) is 6.19. The van der Waals surface area contributed by atoms with Crippen molar-refractivity contribution in [2.45, 2.75) is 19.0 Å². The Labute approximate surface area is 113 Å². The van der Waals surface area contributed by atoms with Gasteiger partial charge < -0.3 is 5.32 Å². The first-order chi connectivity index (χ1) is 8.97. The number of benzene rings is 1. The standard InChI is InChI=1S/C13H12ClF3N2/c14-10-4-5-11(12-9(10)3-1-7-19-12)18-8-2-6-13(15,16)17/h1,3-5,7,18H,2,6,8H2. The fraction of sp³-hybridized carbons (Fsp3) is 0.308. The minimum Gasteiger partial charge on any atom is -0.383 e. The van der Waals surface area contributed by atoms with Gasteiger partial charge in [0.1, 0.15) is 0 Å². The molecule has 1 N–H and O–H groups in total. The lowest BCUT2D eigenvalue weighted by molar-refractivity contribution is -0.134. The first kappa shape index (κ1) is 13.9. The Morgan fingerprint density at radius 1 is 1.21 bits per heavy atom. The van der Waals surface area contributed by atoms with Crippen LogP contribution >= 0.6 is 11.6 Å². The molecule has 1 aromatic heterocycles. The van der Waals surface area contributed by atoms with Gasteiger partial charge in [0.2, 0.25) is 0 Å². The second-order valence-electron chi connectivity index (χ2n) is 4.14. The summed E-state index contributed by atoms with van der Waals surface area (Å²) in [5.74, 6) is 0. The van der Waals surface area contributed by atoms with Crippen molar-refractivity contribution in [1.82, 2.24) is 4.98 Å². The van der Waals surface area contributed by atoms with Gasteiger partial charge in [-0.2, -0.15) is 13.2 Å². The van der Waals surface area contributed by atoms with Crippen LogP contribution in [0.3, 0.4) is 0 Å². The minimum atomic E-state index is -4.11. The zero-order chi connectivity index (χ0) is 13.9. The van der Waals surface area contributed by atoms with Crippen molar-refractivity contribution in [2.75, 3.05) is 11.9 Å². The van der Waals surface area contributed by atoms with Crippen LogP contribution in [0.4, 0.5) is 18.9 Å². The molecule has 0 unspecified atom stereocenters. The van der Waals surface area contributed by atoms with Crippen LogP contribution in [0.1, 0.15) is 12.8 Å². The van der Waals surface area contributed by atoms with E-state index in [2.05, 4.69) is 10.3 Å². The number of hydrogen-bond donors (Lipinski definition) is 1. The van der Waals surface area contributed by atoms with E-state index in [1.807, 2.05) is 6.07 Å². The molecular weight excluding hydrogens is 277 g/mol. The summed E-state index contributed by atoms with van der Waals surface area (Å²) in [5.41, 5.74) is 1.36. The molecule has 2 aromatic rings. The molecule has 6 heteroatoms. The summed E-state index contributed by atoms with van der Waals surface area (Å²) in [7, 11) is 0. The summed E-state index contributed by atoms with van der Waals surface area (Å²) in [6, 6.07) is 7.02. The number of rotatable bonds is 4. The van der Waals surface area contributed by atoms with Crippen molar-refractivity contribution in [3.05, 3.63) is 35.5 Å². The molecule has 19 heavy (non-hydrogen) atoms. The van der Waals surface area contributed by atoms with Crippen molar-refractivity contribution >= 4 is 28.2 Å².